The summed E-state index contributed by atoms with van der Waals surface area (Å²) in [5.41, 5.74) is 2.32. The number of hydrogen-bond donors (Lipinski definition) is 1. The third-order valence-electron chi connectivity index (χ3n) is 3.21. The maximum atomic E-state index is 5.28. The Morgan fingerprint density at radius 3 is 2.75 bits per heavy atom. The van der Waals surface area contributed by atoms with Gasteiger partial charge >= 0.3 is 0 Å². The highest BCUT2D eigenvalue weighted by Gasteiger charge is 2.14. The summed E-state index contributed by atoms with van der Waals surface area (Å²) in [6.07, 6.45) is 2.84. The fraction of sp³-hybridized carbons (Fsp3) is 0.400. The van der Waals surface area contributed by atoms with E-state index in [0.717, 1.165) is 28.9 Å². The van der Waals surface area contributed by atoms with Crippen LogP contribution in [0.4, 0.5) is 0 Å². The van der Waals surface area contributed by atoms with E-state index in [1.165, 1.54) is 5.56 Å². The van der Waals surface area contributed by atoms with E-state index in [2.05, 4.69) is 51.5 Å². The van der Waals surface area contributed by atoms with Crippen LogP contribution in [0.1, 0.15) is 24.2 Å². The molecule has 0 aliphatic rings. The van der Waals surface area contributed by atoms with Crippen LogP contribution in [0, 0.1) is 0 Å². The van der Waals surface area contributed by atoms with Gasteiger partial charge in [0.1, 0.15) is 5.75 Å². The molecule has 0 saturated carbocycles. The summed E-state index contributed by atoms with van der Waals surface area (Å²) >= 11 is 3.54. The second-order valence-electron chi connectivity index (χ2n) is 4.69. The van der Waals surface area contributed by atoms with Gasteiger partial charge in [0, 0.05) is 25.7 Å². The van der Waals surface area contributed by atoms with Crippen molar-refractivity contribution >= 4 is 15.9 Å². The molecule has 0 saturated heterocycles. The molecule has 0 fully saturated rings. The fourth-order valence-corrected chi connectivity index (χ4v) is 2.79. The van der Waals surface area contributed by atoms with Crippen LogP contribution in [0.2, 0.25) is 0 Å². The third kappa shape index (κ3) is 3.61. The highest BCUT2D eigenvalue weighted by atomic mass is 79.9. The highest BCUT2D eigenvalue weighted by molar-refractivity contribution is 9.10. The predicted molar refractivity (Wildman–Crippen MR) is 84.0 cm³/mol. The van der Waals surface area contributed by atoms with Crippen LogP contribution in [0.25, 0.3) is 0 Å². The Labute approximate surface area is 128 Å². The highest BCUT2D eigenvalue weighted by Crippen LogP contribution is 2.29. The zero-order valence-electron chi connectivity index (χ0n) is 12.1. The van der Waals surface area contributed by atoms with Gasteiger partial charge in [0.05, 0.1) is 17.3 Å². The van der Waals surface area contributed by atoms with Crippen LogP contribution in [-0.4, -0.2) is 23.4 Å². The molecule has 2 rings (SSSR count). The van der Waals surface area contributed by atoms with Crippen molar-refractivity contribution in [3.05, 3.63) is 46.2 Å². The lowest BCUT2D eigenvalue weighted by atomic mass is 10.0. The Morgan fingerprint density at radius 2 is 2.20 bits per heavy atom. The van der Waals surface area contributed by atoms with Crippen molar-refractivity contribution in [1.29, 1.82) is 0 Å². The lowest BCUT2D eigenvalue weighted by Gasteiger charge is -2.18. The largest absolute Gasteiger partial charge is 0.496 e. The average Bonchev–Trinajstić information content (AvgIpc) is 2.83. The Kier molecular flexibility index (Phi) is 5.20. The number of likely N-dealkylation sites (N-methyl/N-ethyl adjacent to an activating group) is 1. The summed E-state index contributed by atoms with van der Waals surface area (Å²) in [5, 5.41) is 7.97. The molecule has 4 nitrogen and oxygen atoms in total. The summed E-state index contributed by atoms with van der Waals surface area (Å²) < 4.78 is 8.09. The van der Waals surface area contributed by atoms with E-state index < -0.39 is 0 Å². The Hall–Kier alpha value is -1.33. The monoisotopic (exact) mass is 337 g/mol. The molecule has 2 aromatic rings. The number of halogens is 1. The topological polar surface area (TPSA) is 39.1 Å². The van der Waals surface area contributed by atoms with Crippen molar-refractivity contribution in [2.45, 2.75) is 19.4 Å². The number of ether oxygens (including phenoxy) is 1. The molecule has 1 N–H and O–H groups in total. The summed E-state index contributed by atoms with van der Waals surface area (Å²) in [6.45, 7) is 3.03. The van der Waals surface area contributed by atoms with Crippen molar-refractivity contribution < 1.29 is 4.74 Å². The van der Waals surface area contributed by atoms with Crippen LogP contribution in [0.5, 0.6) is 5.75 Å². The molecule has 0 radical (unpaired) electrons. The van der Waals surface area contributed by atoms with Crippen LogP contribution >= 0.6 is 15.9 Å². The minimum atomic E-state index is 0.247. The number of nitrogens with zero attached hydrogens (tertiary/aromatic N) is 2. The van der Waals surface area contributed by atoms with E-state index in [-0.39, 0.29) is 6.04 Å². The van der Waals surface area contributed by atoms with Crippen LogP contribution < -0.4 is 10.1 Å². The van der Waals surface area contributed by atoms with Crippen molar-refractivity contribution in [2.75, 3.05) is 13.7 Å². The van der Waals surface area contributed by atoms with Gasteiger partial charge in [-0.1, -0.05) is 13.0 Å². The van der Waals surface area contributed by atoms with E-state index in [9.17, 15) is 0 Å². The molecule has 108 valence electrons. The maximum absolute atomic E-state index is 5.28. The molecule has 1 aromatic heterocycles. The number of methoxy groups -OCH3 is 1. The zero-order chi connectivity index (χ0) is 14.5. The molecule has 1 heterocycles. The molecular formula is C15H20BrN3O. The molecule has 0 aliphatic heterocycles. The molecule has 1 aromatic carbocycles. The Bertz CT molecular complexity index is 568. The van der Waals surface area contributed by atoms with Gasteiger partial charge in [0.25, 0.3) is 0 Å². The Morgan fingerprint density at radius 1 is 1.40 bits per heavy atom. The molecule has 0 amide bonds. The van der Waals surface area contributed by atoms with Gasteiger partial charge in [0.2, 0.25) is 0 Å². The fourth-order valence-electron chi connectivity index (χ4n) is 2.23. The summed E-state index contributed by atoms with van der Waals surface area (Å²) in [6, 6.07) is 8.50. The first kappa shape index (κ1) is 15.1. The van der Waals surface area contributed by atoms with Crippen LogP contribution in [0.15, 0.2) is 34.9 Å². The average molecular weight is 338 g/mol. The molecule has 1 atom stereocenters. The summed E-state index contributed by atoms with van der Waals surface area (Å²) in [7, 11) is 3.62. The molecular weight excluding hydrogens is 318 g/mol. The lowest BCUT2D eigenvalue weighted by molar-refractivity contribution is 0.411. The number of aromatic nitrogens is 2. The van der Waals surface area contributed by atoms with Crippen molar-refractivity contribution in [1.82, 2.24) is 15.1 Å². The molecule has 20 heavy (non-hydrogen) atoms. The van der Waals surface area contributed by atoms with Crippen LogP contribution in [0.3, 0.4) is 0 Å². The number of rotatable bonds is 6. The van der Waals surface area contributed by atoms with Crippen LogP contribution in [-0.2, 0) is 13.5 Å². The minimum absolute atomic E-state index is 0.247. The number of hydrogen-bond acceptors (Lipinski definition) is 3. The third-order valence-corrected chi connectivity index (χ3v) is 3.83. The zero-order valence-corrected chi connectivity index (χ0v) is 13.6. The summed E-state index contributed by atoms with van der Waals surface area (Å²) in [5.74, 6) is 0.849. The molecule has 0 bridgehead atoms. The van der Waals surface area contributed by atoms with Crippen molar-refractivity contribution in [3.63, 3.8) is 0 Å². The van der Waals surface area contributed by atoms with Gasteiger partial charge < -0.3 is 10.1 Å². The van der Waals surface area contributed by atoms with Gasteiger partial charge in [-0.15, -0.1) is 0 Å². The number of aryl methyl sites for hydroxylation is 1. The van der Waals surface area contributed by atoms with E-state index in [4.69, 9.17) is 4.74 Å². The first-order valence-corrected chi connectivity index (χ1v) is 7.48. The van der Waals surface area contributed by atoms with Crippen molar-refractivity contribution in [2.24, 2.45) is 7.05 Å². The van der Waals surface area contributed by atoms with E-state index >= 15 is 0 Å². The smallest absolute Gasteiger partial charge is 0.133 e. The first-order valence-electron chi connectivity index (χ1n) is 6.69. The van der Waals surface area contributed by atoms with E-state index in [1.807, 2.05) is 24.0 Å². The molecule has 0 spiro atoms. The lowest BCUT2D eigenvalue weighted by Crippen LogP contribution is -2.23. The SMILES string of the molecule is CCNC(Cc1ccn(C)n1)c1ccc(OC)c(Br)c1. The van der Waals surface area contributed by atoms with Gasteiger partial charge in [-0.3, -0.25) is 4.68 Å². The first-order chi connectivity index (χ1) is 9.63. The van der Waals surface area contributed by atoms with Gasteiger partial charge in [0.15, 0.2) is 0 Å². The quantitative estimate of drug-likeness (QED) is 0.880. The van der Waals surface area contributed by atoms with Crippen molar-refractivity contribution in [3.8, 4) is 5.75 Å². The van der Waals surface area contributed by atoms with E-state index in [1.54, 1.807) is 7.11 Å². The Balaban J connectivity index is 2.21. The second-order valence-corrected chi connectivity index (χ2v) is 5.54. The summed E-state index contributed by atoms with van der Waals surface area (Å²) in [4.78, 5) is 0. The molecule has 0 aliphatic carbocycles. The second kappa shape index (κ2) is 6.90. The predicted octanol–water partition coefficient (Wildman–Crippen LogP) is 3.08. The van der Waals surface area contributed by atoms with Gasteiger partial charge in [-0.2, -0.15) is 5.10 Å². The molecule has 1 unspecified atom stereocenters. The van der Waals surface area contributed by atoms with Gasteiger partial charge in [-0.05, 0) is 46.2 Å². The standard InChI is InChI=1S/C15H20BrN3O/c1-4-17-14(10-12-7-8-19(2)18-12)11-5-6-15(20-3)13(16)9-11/h5-9,14,17H,4,10H2,1-3H3. The number of nitrogens with one attached hydrogen (secondary N) is 1. The van der Waals surface area contributed by atoms with Gasteiger partial charge in [-0.25, -0.2) is 0 Å². The maximum Gasteiger partial charge on any atom is 0.133 e. The number of benzene rings is 1. The minimum Gasteiger partial charge on any atom is -0.496 e. The normalized spacial score (nSPS) is 12.4. The van der Waals surface area contributed by atoms with E-state index in [0.29, 0.717) is 0 Å². The molecule has 5 heteroatoms.